The van der Waals surface area contributed by atoms with Crippen LogP contribution in [0.1, 0.15) is 49.0 Å². The van der Waals surface area contributed by atoms with Gasteiger partial charge in [-0.2, -0.15) is 5.10 Å². The van der Waals surface area contributed by atoms with Crippen LogP contribution in [0.3, 0.4) is 0 Å². The minimum absolute atomic E-state index is 0.433. The Kier molecular flexibility index (Phi) is 5.53. The van der Waals surface area contributed by atoms with Crippen molar-refractivity contribution >= 4 is 0 Å². The van der Waals surface area contributed by atoms with Gasteiger partial charge < -0.3 is 15.2 Å². The Balaban J connectivity index is 1.57. The second kappa shape index (κ2) is 7.81. The summed E-state index contributed by atoms with van der Waals surface area (Å²) in [6, 6.07) is 10.2. The lowest BCUT2D eigenvalue weighted by Gasteiger charge is -2.30. The molecule has 0 bridgehead atoms. The van der Waals surface area contributed by atoms with Crippen molar-refractivity contribution < 1.29 is 9.84 Å². The fraction of sp³-hybridized carbons (Fsp3) is 0.526. The van der Waals surface area contributed by atoms with Gasteiger partial charge in [-0.3, -0.25) is 4.68 Å². The number of ether oxygens (including phenoxy) is 1. The molecule has 2 unspecified atom stereocenters. The van der Waals surface area contributed by atoms with Gasteiger partial charge in [0.1, 0.15) is 5.75 Å². The number of aliphatic hydroxyl groups is 1. The van der Waals surface area contributed by atoms with Crippen LogP contribution in [0.25, 0.3) is 0 Å². The van der Waals surface area contributed by atoms with Gasteiger partial charge in [-0.25, -0.2) is 0 Å². The lowest BCUT2D eigenvalue weighted by atomic mass is 9.83. The number of para-hydroxylation sites is 1. The van der Waals surface area contributed by atoms with Crippen LogP contribution in [0, 0.1) is 0 Å². The normalized spacial score (nSPS) is 22.3. The second-order valence-electron chi connectivity index (χ2n) is 6.61. The molecule has 1 heterocycles. The first-order valence-corrected chi connectivity index (χ1v) is 8.71. The van der Waals surface area contributed by atoms with Gasteiger partial charge in [0.2, 0.25) is 0 Å². The highest BCUT2D eigenvalue weighted by molar-refractivity contribution is 5.35. The van der Waals surface area contributed by atoms with E-state index in [1.807, 2.05) is 42.2 Å². The minimum Gasteiger partial charge on any atom is -0.496 e. The molecule has 1 aromatic carbocycles. The number of benzene rings is 1. The Morgan fingerprint density at radius 3 is 2.92 bits per heavy atom. The van der Waals surface area contributed by atoms with E-state index in [1.54, 1.807) is 7.11 Å². The van der Waals surface area contributed by atoms with Gasteiger partial charge in [0.25, 0.3) is 0 Å². The van der Waals surface area contributed by atoms with Crippen molar-refractivity contribution in [1.82, 2.24) is 15.1 Å². The zero-order chi connectivity index (χ0) is 16.9. The Morgan fingerprint density at radius 2 is 2.17 bits per heavy atom. The van der Waals surface area contributed by atoms with Crippen LogP contribution >= 0.6 is 0 Å². The summed E-state index contributed by atoms with van der Waals surface area (Å²) < 4.78 is 7.32. The number of nitrogens with zero attached hydrogens (tertiary/aromatic N) is 2. The monoisotopic (exact) mass is 329 g/mol. The summed E-state index contributed by atoms with van der Waals surface area (Å²) in [5, 5.41) is 18.3. The van der Waals surface area contributed by atoms with Crippen molar-refractivity contribution in [3.63, 3.8) is 0 Å². The first-order chi connectivity index (χ1) is 11.7. The molecular weight excluding hydrogens is 302 g/mol. The van der Waals surface area contributed by atoms with Gasteiger partial charge in [0.05, 0.1) is 13.2 Å². The first-order valence-electron chi connectivity index (χ1n) is 8.71. The molecule has 0 amide bonds. The summed E-state index contributed by atoms with van der Waals surface area (Å²) in [5.74, 6) is 1.29. The molecule has 0 radical (unpaired) electrons. The molecule has 1 aliphatic rings. The largest absolute Gasteiger partial charge is 0.496 e. The van der Waals surface area contributed by atoms with Crippen molar-refractivity contribution in [2.24, 2.45) is 7.05 Å². The highest BCUT2D eigenvalue weighted by Crippen LogP contribution is 2.33. The fourth-order valence-electron chi connectivity index (χ4n) is 3.76. The maximum absolute atomic E-state index is 10.5. The summed E-state index contributed by atoms with van der Waals surface area (Å²) in [5.41, 5.74) is 2.15. The molecule has 0 aliphatic heterocycles. The standard InChI is InChI=1S/C19H27N3O2/c1-22-17(10-11-21-22)14-6-5-7-15(12-14)20-13-18(23)16-8-3-4-9-19(16)24-2/h3-4,8-11,14-15,18,20,23H,5-7,12-13H2,1-2H3/t14?,15?,18-/m1/s1. The van der Waals surface area contributed by atoms with E-state index in [-0.39, 0.29) is 0 Å². The number of nitrogens with one attached hydrogen (secondary N) is 1. The molecule has 1 aliphatic carbocycles. The SMILES string of the molecule is COc1ccccc1[C@H](O)CNC1CCCC(c2ccnn2C)C1. The number of methoxy groups -OCH3 is 1. The van der Waals surface area contributed by atoms with E-state index in [4.69, 9.17) is 4.74 Å². The molecule has 3 atom stereocenters. The van der Waals surface area contributed by atoms with E-state index in [9.17, 15) is 5.11 Å². The minimum atomic E-state index is -0.557. The van der Waals surface area contributed by atoms with E-state index in [0.29, 0.717) is 18.5 Å². The Bertz CT molecular complexity index is 656. The molecule has 2 N–H and O–H groups in total. The molecule has 0 saturated heterocycles. The summed E-state index contributed by atoms with van der Waals surface area (Å²) >= 11 is 0. The van der Waals surface area contributed by atoms with Gasteiger partial charge in [0.15, 0.2) is 0 Å². The Hall–Kier alpha value is -1.85. The van der Waals surface area contributed by atoms with Gasteiger partial charge in [0, 0.05) is 43.0 Å². The van der Waals surface area contributed by atoms with Crippen molar-refractivity contribution in [2.45, 2.75) is 43.7 Å². The van der Waals surface area contributed by atoms with E-state index in [0.717, 1.165) is 24.2 Å². The molecule has 3 rings (SSSR count). The number of rotatable bonds is 6. The van der Waals surface area contributed by atoms with Gasteiger partial charge in [-0.05, 0) is 31.4 Å². The second-order valence-corrected chi connectivity index (χ2v) is 6.61. The highest BCUT2D eigenvalue weighted by Gasteiger charge is 2.25. The number of hydrogen-bond donors (Lipinski definition) is 2. The number of aryl methyl sites for hydroxylation is 1. The van der Waals surface area contributed by atoms with E-state index in [2.05, 4.69) is 16.5 Å². The molecule has 5 nitrogen and oxygen atoms in total. The van der Waals surface area contributed by atoms with Crippen LogP contribution in [0.2, 0.25) is 0 Å². The van der Waals surface area contributed by atoms with Crippen LogP contribution in [0.15, 0.2) is 36.5 Å². The number of aromatic nitrogens is 2. The predicted molar refractivity (Wildman–Crippen MR) is 94.2 cm³/mol. The average molecular weight is 329 g/mol. The molecular formula is C19H27N3O2. The molecule has 2 aromatic rings. The van der Waals surface area contributed by atoms with Crippen LogP contribution in [0.5, 0.6) is 5.75 Å². The van der Waals surface area contributed by atoms with Gasteiger partial charge in [-0.1, -0.05) is 24.6 Å². The average Bonchev–Trinajstić information content (AvgIpc) is 3.06. The molecule has 24 heavy (non-hydrogen) atoms. The van der Waals surface area contributed by atoms with Crippen molar-refractivity contribution in [1.29, 1.82) is 0 Å². The number of aliphatic hydroxyl groups excluding tert-OH is 1. The zero-order valence-electron chi connectivity index (χ0n) is 14.5. The summed E-state index contributed by atoms with van der Waals surface area (Å²) in [6.07, 6.45) is 5.99. The maximum atomic E-state index is 10.5. The molecule has 1 aromatic heterocycles. The van der Waals surface area contributed by atoms with Crippen LogP contribution in [0.4, 0.5) is 0 Å². The number of hydrogen-bond acceptors (Lipinski definition) is 4. The maximum Gasteiger partial charge on any atom is 0.124 e. The Labute approximate surface area is 143 Å². The smallest absolute Gasteiger partial charge is 0.124 e. The molecule has 1 fully saturated rings. The third kappa shape index (κ3) is 3.79. The zero-order valence-corrected chi connectivity index (χ0v) is 14.5. The molecule has 0 spiro atoms. The van der Waals surface area contributed by atoms with Crippen LogP contribution in [-0.2, 0) is 7.05 Å². The van der Waals surface area contributed by atoms with Gasteiger partial charge in [-0.15, -0.1) is 0 Å². The molecule has 130 valence electrons. The van der Waals surface area contributed by atoms with Crippen LogP contribution < -0.4 is 10.1 Å². The van der Waals surface area contributed by atoms with Crippen molar-refractivity contribution in [3.05, 3.63) is 47.8 Å². The van der Waals surface area contributed by atoms with Crippen molar-refractivity contribution in [2.75, 3.05) is 13.7 Å². The summed E-state index contributed by atoms with van der Waals surface area (Å²) in [7, 11) is 3.65. The lowest BCUT2D eigenvalue weighted by molar-refractivity contribution is 0.160. The molecule has 5 heteroatoms. The topological polar surface area (TPSA) is 59.3 Å². The summed E-state index contributed by atoms with van der Waals surface area (Å²) in [6.45, 7) is 0.545. The van der Waals surface area contributed by atoms with Gasteiger partial charge >= 0.3 is 0 Å². The quantitative estimate of drug-likeness (QED) is 0.855. The van der Waals surface area contributed by atoms with Crippen LogP contribution in [-0.4, -0.2) is 34.6 Å². The molecule has 1 saturated carbocycles. The Morgan fingerprint density at radius 1 is 1.33 bits per heavy atom. The van der Waals surface area contributed by atoms with Crippen molar-refractivity contribution in [3.8, 4) is 5.75 Å². The summed E-state index contributed by atoms with van der Waals surface area (Å²) in [4.78, 5) is 0. The predicted octanol–water partition coefficient (Wildman–Crippen LogP) is 2.78. The highest BCUT2D eigenvalue weighted by atomic mass is 16.5. The fourth-order valence-corrected chi connectivity index (χ4v) is 3.76. The van der Waals surface area contributed by atoms with E-state index in [1.165, 1.54) is 18.5 Å². The van der Waals surface area contributed by atoms with E-state index >= 15 is 0 Å². The van der Waals surface area contributed by atoms with E-state index < -0.39 is 6.10 Å². The first kappa shape index (κ1) is 17.0. The third-order valence-electron chi connectivity index (χ3n) is 5.05. The lowest BCUT2D eigenvalue weighted by Crippen LogP contribution is -2.36. The third-order valence-corrected chi connectivity index (χ3v) is 5.05.